The number of nitrogens with zero attached hydrogens (tertiary/aromatic N) is 2. The third-order valence-corrected chi connectivity index (χ3v) is 3.06. The molecule has 110 valence electrons. The number of carboxylic acids is 1. The van der Waals surface area contributed by atoms with Crippen molar-refractivity contribution in [1.29, 1.82) is 0 Å². The number of benzene rings is 1. The lowest BCUT2D eigenvalue weighted by atomic mass is 10.2. The van der Waals surface area contributed by atoms with Crippen molar-refractivity contribution in [3.63, 3.8) is 0 Å². The second kappa shape index (κ2) is 6.21. The van der Waals surface area contributed by atoms with Crippen molar-refractivity contribution in [1.82, 2.24) is 9.88 Å². The van der Waals surface area contributed by atoms with Crippen molar-refractivity contribution in [2.45, 2.75) is 6.92 Å². The lowest BCUT2D eigenvalue weighted by molar-refractivity contribution is -0.141. The lowest BCUT2D eigenvalue weighted by Crippen LogP contribution is -2.33. The molecule has 0 unspecified atom stereocenters. The predicted molar refractivity (Wildman–Crippen MR) is 75.7 cm³/mol. The molecule has 1 aromatic carbocycles. The fourth-order valence-electron chi connectivity index (χ4n) is 1.85. The number of aromatic nitrogens is 1. The number of carbonyl (C=O) groups is 2. The fourth-order valence-corrected chi connectivity index (χ4v) is 1.85. The Balaban J connectivity index is 2.10. The van der Waals surface area contributed by atoms with Crippen LogP contribution in [0.25, 0.3) is 11.5 Å². The van der Waals surface area contributed by atoms with E-state index in [4.69, 9.17) is 9.52 Å². The van der Waals surface area contributed by atoms with E-state index < -0.39 is 11.9 Å². The molecule has 0 bridgehead atoms. The fraction of sp³-hybridized carbons (Fsp3) is 0.267. The topological polar surface area (TPSA) is 83.6 Å². The van der Waals surface area contributed by atoms with Crippen LogP contribution in [-0.4, -0.2) is 40.5 Å². The Labute approximate surface area is 122 Å². The smallest absolute Gasteiger partial charge is 0.308 e. The quantitative estimate of drug-likeness (QED) is 0.911. The molecular weight excluding hydrogens is 272 g/mol. The van der Waals surface area contributed by atoms with Crippen LogP contribution in [0.15, 0.2) is 41.0 Å². The minimum Gasteiger partial charge on any atom is -0.481 e. The Kier molecular flexibility index (Phi) is 4.37. The van der Waals surface area contributed by atoms with E-state index in [2.05, 4.69) is 4.98 Å². The van der Waals surface area contributed by atoms with Crippen molar-refractivity contribution >= 4 is 11.9 Å². The number of amides is 1. The maximum atomic E-state index is 12.2. The van der Waals surface area contributed by atoms with Gasteiger partial charge in [0.2, 0.25) is 5.89 Å². The van der Waals surface area contributed by atoms with Gasteiger partial charge in [0.25, 0.3) is 5.91 Å². The number of hydrogen-bond acceptors (Lipinski definition) is 4. The number of oxazole rings is 1. The second-order valence-corrected chi connectivity index (χ2v) is 4.83. The highest BCUT2D eigenvalue weighted by Gasteiger charge is 2.21. The molecule has 0 fully saturated rings. The van der Waals surface area contributed by atoms with E-state index in [9.17, 15) is 9.59 Å². The molecule has 2 rings (SSSR count). The first-order valence-corrected chi connectivity index (χ1v) is 6.48. The second-order valence-electron chi connectivity index (χ2n) is 4.83. The lowest BCUT2D eigenvalue weighted by Gasteiger charge is -2.17. The summed E-state index contributed by atoms with van der Waals surface area (Å²) in [6.45, 7) is 1.66. The Morgan fingerprint density at radius 2 is 2.00 bits per heavy atom. The summed E-state index contributed by atoms with van der Waals surface area (Å²) in [7, 11) is 1.54. The standard InChI is InChI=1S/C15H16N2O4/c1-10(15(19)20)8-17(2)14(18)12-9-21-13(16-12)11-6-4-3-5-7-11/h3-7,9-10H,8H2,1-2H3,(H,19,20)/t10-/m0/s1. The Morgan fingerprint density at radius 1 is 1.33 bits per heavy atom. The van der Waals surface area contributed by atoms with Gasteiger partial charge in [0.1, 0.15) is 6.26 Å². The first-order chi connectivity index (χ1) is 9.99. The zero-order valence-electron chi connectivity index (χ0n) is 11.8. The Bertz CT molecular complexity index is 636. The Morgan fingerprint density at radius 3 is 2.62 bits per heavy atom. The molecule has 1 aromatic heterocycles. The number of carbonyl (C=O) groups excluding carboxylic acids is 1. The van der Waals surface area contributed by atoms with Crippen LogP contribution in [0.5, 0.6) is 0 Å². The zero-order chi connectivity index (χ0) is 15.4. The molecule has 0 saturated carbocycles. The minimum absolute atomic E-state index is 0.113. The van der Waals surface area contributed by atoms with Gasteiger partial charge in [0.15, 0.2) is 5.69 Å². The van der Waals surface area contributed by atoms with Crippen molar-refractivity contribution in [3.05, 3.63) is 42.3 Å². The van der Waals surface area contributed by atoms with Crippen LogP contribution in [0, 0.1) is 5.92 Å². The van der Waals surface area contributed by atoms with Crippen molar-refractivity contribution < 1.29 is 19.1 Å². The maximum Gasteiger partial charge on any atom is 0.308 e. The average molecular weight is 288 g/mol. The van der Waals surface area contributed by atoms with Crippen LogP contribution < -0.4 is 0 Å². The molecule has 1 heterocycles. The summed E-state index contributed by atoms with van der Waals surface area (Å²) in [5.74, 6) is -1.59. The summed E-state index contributed by atoms with van der Waals surface area (Å²) in [6, 6.07) is 9.23. The molecule has 2 aromatic rings. The summed E-state index contributed by atoms with van der Waals surface area (Å²) in [5.41, 5.74) is 0.937. The van der Waals surface area contributed by atoms with E-state index in [1.807, 2.05) is 30.3 Å². The van der Waals surface area contributed by atoms with Gasteiger partial charge in [-0.1, -0.05) is 25.1 Å². The zero-order valence-corrected chi connectivity index (χ0v) is 11.8. The molecule has 0 radical (unpaired) electrons. The van der Waals surface area contributed by atoms with Crippen LogP contribution in [0.4, 0.5) is 0 Å². The number of carboxylic acid groups (broad SMARTS) is 1. The van der Waals surface area contributed by atoms with Gasteiger partial charge >= 0.3 is 5.97 Å². The van der Waals surface area contributed by atoms with Crippen LogP contribution in [-0.2, 0) is 4.79 Å². The van der Waals surface area contributed by atoms with Gasteiger partial charge in [-0.25, -0.2) is 4.98 Å². The number of hydrogen-bond donors (Lipinski definition) is 1. The van der Waals surface area contributed by atoms with Crippen molar-refractivity contribution in [3.8, 4) is 11.5 Å². The predicted octanol–water partition coefficient (Wildman–Crippen LogP) is 2.13. The molecule has 0 aliphatic carbocycles. The van der Waals surface area contributed by atoms with Gasteiger partial charge in [0, 0.05) is 19.2 Å². The summed E-state index contributed by atoms with van der Waals surface area (Å²) in [4.78, 5) is 28.4. The van der Waals surface area contributed by atoms with Crippen molar-refractivity contribution in [2.75, 3.05) is 13.6 Å². The average Bonchev–Trinajstić information content (AvgIpc) is 2.96. The molecule has 0 saturated heterocycles. The van der Waals surface area contributed by atoms with Crippen LogP contribution in [0.1, 0.15) is 17.4 Å². The third-order valence-electron chi connectivity index (χ3n) is 3.06. The van der Waals surface area contributed by atoms with Gasteiger partial charge in [-0.05, 0) is 12.1 Å². The SMILES string of the molecule is C[C@@H](CN(C)C(=O)c1coc(-c2ccccc2)n1)C(=O)O. The van der Waals surface area contributed by atoms with E-state index in [0.29, 0.717) is 5.89 Å². The summed E-state index contributed by atoms with van der Waals surface area (Å²) >= 11 is 0. The number of aliphatic carboxylic acids is 1. The van der Waals surface area contributed by atoms with E-state index in [-0.39, 0.29) is 18.1 Å². The first kappa shape index (κ1) is 14.8. The highest BCUT2D eigenvalue weighted by atomic mass is 16.4. The Hall–Kier alpha value is -2.63. The molecule has 21 heavy (non-hydrogen) atoms. The van der Waals surface area contributed by atoms with Gasteiger partial charge in [-0.15, -0.1) is 0 Å². The van der Waals surface area contributed by atoms with Crippen LogP contribution in [0.2, 0.25) is 0 Å². The molecule has 0 spiro atoms. The molecule has 6 heteroatoms. The van der Waals surface area contributed by atoms with Crippen molar-refractivity contribution in [2.24, 2.45) is 5.92 Å². The van der Waals surface area contributed by atoms with Gasteiger partial charge < -0.3 is 14.4 Å². The maximum absolute atomic E-state index is 12.2. The van der Waals surface area contributed by atoms with Gasteiger partial charge in [-0.3, -0.25) is 9.59 Å². The largest absolute Gasteiger partial charge is 0.481 e. The minimum atomic E-state index is -0.945. The summed E-state index contributed by atoms with van der Waals surface area (Å²) in [6.07, 6.45) is 1.28. The molecular formula is C15H16N2O4. The van der Waals surface area contributed by atoms with Gasteiger partial charge in [-0.2, -0.15) is 0 Å². The van der Waals surface area contributed by atoms with E-state index in [0.717, 1.165) is 5.56 Å². The highest BCUT2D eigenvalue weighted by Crippen LogP contribution is 2.18. The molecule has 0 aliphatic rings. The van der Waals surface area contributed by atoms with Crippen LogP contribution >= 0.6 is 0 Å². The number of rotatable bonds is 5. The summed E-state index contributed by atoms with van der Waals surface area (Å²) < 4.78 is 5.30. The van der Waals surface area contributed by atoms with Gasteiger partial charge in [0.05, 0.1) is 5.92 Å². The van der Waals surface area contributed by atoms with E-state index in [1.165, 1.54) is 11.2 Å². The summed E-state index contributed by atoms with van der Waals surface area (Å²) in [5, 5.41) is 8.86. The first-order valence-electron chi connectivity index (χ1n) is 6.48. The van der Waals surface area contributed by atoms with E-state index in [1.54, 1.807) is 14.0 Å². The third kappa shape index (κ3) is 3.47. The molecule has 1 N–H and O–H groups in total. The van der Waals surface area contributed by atoms with Crippen LogP contribution in [0.3, 0.4) is 0 Å². The normalized spacial score (nSPS) is 11.9. The molecule has 1 atom stereocenters. The molecule has 1 amide bonds. The molecule has 0 aliphatic heterocycles. The highest BCUT2D eigenvalue weighted by molar-refractivity contribution is 5.92. The molecule has 6 nitrogen and oxygen atoms in total. The van der Waals surface area contributed by atoms with E-state index >= 15 is 0 Å². The monoisotopic (exact) mass is 288 g/mol.